The minimum Gasteiger partial charge on any atom is -0.393 e. The van der Waals surface area contributed by atoms with Crippen molar-refractivity contribution in [2.75, 3.05) is 26.7 Å². The molecule has 138 valence electrons. The molecule has 0 spiro atoms. The van der Waals surface area contributed by atoms with E-state index in [2.05, 4.69) is 28.4 Å². The van der Waals surface area contributed by atoms with Crippen LogP contribution in [-0.2, 0) is 13.1 Å². The van der Waals surface area contributed by atoms with Crippen LogP contribution in [0.2, 0.25) is 0 Å². The molecule has 2 N–H and O–H groups in total. The SMILES string of the molecule is CN(CC1CCC1)C(=O)NCc1ccccc1CN1CCC(O)CC1. The van der Waals surface area contributed by atoms with Crippen LogP contribution in [0.15, 0.2) is 24.3 Å². The summed E-state index contributed by atoms with van der Waals surface area (Å²) in [5, 5.41) is 12.7. The summed E-state index contributed by atoms with van der Waals surface area (Å²) >= 11 is 0. The monoisotopic (exact) mass is 345 g/mol. The quantitative estimate of drug-likeness (QED) is 0.833. The Morgan fingerprint density at radius 1 is 1.20 bits per heavy atom. The van der Waals surface area contributed by atoms with Crippen molar-refractivity contribution in [2.24, 2.45) is 5.92 Å². The van der Waals surface area contributed by atoms with E-state index in [-0.39, 0.29) is 12.1 Å². The van der Waals surface area contributed by atoms with E-state index in [4.69, 9.17) is 0 Å². The van der Waals surface area contributed by atoms with Crippen molar-refractivity contribution in [3.8, 4) is 0 Å². The number of likely N-dealkylation sites (tertiary alicyclic amines) is 1. The van der Waals surface area contributed by atoms with Gasteiger partial charge in [-0.25, -0.2) is 4.79 Å². The highest BCUT2D eigenvalue weighted by Crippen LogP contribution is 2.26. The first-order valence-corrected chi connectivity index (χ1v) is 9.58. The van der Waals surface area contributed by atoms with Crippen molar-refractivity contribution in [2.45, 2.75) is 51.3 Å². The molecule has 2 fully saturated rings. The Balaban J connectivity index is 1.50. The van der Waals surface area contributed by atoms with Crippen LogP contribution in [0.3, 0.4) is 0 Å². The van der Waals surface area contributed by atoms with Gasteiger partial charge in [-0.15, -0.1) is 0 Å². The maximum atomic E-state index is 12.3. The molecule has 1 aromatic carbocycles. The summed E-state index contributed by atoms with van der Waals surface area (Å²) in [5.41, 5.74) is 2.44. The summed E-state index contributed by atoms with van der Waals surface area (Å²) in [6, 6.07) is 8.35. The molecule has 1 aromatic rings. The third kappa shape index (κ3) is 5.19. The van der Waals surface area contributed by atoms with E-state index < -0.39 is 0 Å². The van der Waals surface area contributed by atoms with E-state index in [1.807, 2.05) is 18.0 Å². The molecule has 5 nitrogen and oxygen atoms in total. The zero-order chi connectivity index (χ0) is 17.6. The fraction of sp³-hybridized carbons (Fsp3) is 0.650. The van der Waals surface area contributed by atoms with Crippen molar-refractivity contribution in [3.63, 3.8) is 0 Å². The van der Waals surface area contributed by atoms with Crippen LogP contribution in [0.4, 0.5) is 4.79 Å². The molecule has 1 aliphatic heterocycles. The first-order chi connectivity index (χ1) is 12.1. The number of benzene rings is 1. The molecule has 2 aliphatic rings. The molecule has 0 atom stereocenters. The van der Waals surface area contributed by atoms with Crippen molar-refractivity contribution < 1.29 is 9.90 Å². The molecule has 1 heterocycles. The standard InChI is InChI=1S/C20H31N3O2/c1-22(14-16-5-4-6-16)20(25)21-13-17-7-2-3-8-18(17)15-23-11-9-19(24)10-12-23/h2-3,7-8,16,19,24H,4-6,9-15H2,1H3,(H,21,25). The van der Waals surface area contributed by atoms with Gasteiger partial charge in [-0.1, -0.05) is 30.7 Å². The fourth-order valence-electron chi connectivity index (χ4n) is 3.65. The van der Waals surface area contributed by atoms with Gasteiger partial charge in [-0.3, -0.25) is 4.90 Å². The second kappa shape index (κ2) is 8.68. The highest BCUT2D eigenvalue weighted by molar-refractivity contribution is 5.73. The van der Waals surface area contributed by atoms with Crippen LogP contribution < -0.4 is 5.32 Å². The van der Waals surface area contributed by atoms with Gasteiger partial charge in [-0.05, 0) is 42.7 Å². The molecule has 0 radical (unpaired) electrons. The summed E-state index contributed by atoms with van der Waals surface area (Å²) in [7, 11) is 1.89. The largest absolute Gasteiger partial charge is 0.393 e. The van der Waals surface area contributed by atoms with Crippen LogP contribution in [0.25, 0.3) is 0 Å². The third-order valence-electron chi connectivity index (χ3n) is 5.60. The van der Waals surface area contributed by atoms with Gasteiger partial charge in [0, 0.05) is 39.8 Å². The lowest BCUT2D eigenvalue weighted by Crippen LogP contribution is -2.41. The zero-order valence-electron chi connectivity index (χ0n) is 15.3. The van der Waals surface area contributed by atoms with Gasteiger partial charge < -0.3 is 15.3 Å². The lowest BCUT2D eigenvalue weighted by molar-refractivity contribution is 0.0791. The second-order valence-electron chi connectivity index (χ2n) is 7.61. The number of carbonyl (C=O) groups excluding carboxylic acids is 1. The molecule has 3 rings (SSSR count). The normalized spacial score (nSPS) is 19.4. The molecule has 1 saturated heterocycles. The fourth-order valence-corrected chi connectivity index (χ4v) is 3.65. The van der Waals surface area contributed by atoms with E-state index in [9.17, 15) is 9.90 Å². The van der Waals surface area contributed by atoms with Gasteiger partial charge in [0.2, 0.25) is 0 Å². The molecule has 5 heteroatoms. The highest BCUT2D eigenvalue weighted by atomic mass is 16.3. The van der Waals surface area contributed by atoms with E-state index >= 15 is 0 Å². The number of rotatable bonds is 6. The maximum absolute atomic E-state index is 12.3. The number of nitrogens with zero attached hydrogens (tertiary/aromatic N) is 2. The Kier molecular flexibility index (Phi) is 6.32. The molecule has 0 unspecified atom stereocenters. The number of aliphatic hydroxyl groups excluding tert-OH is 1. The van der Waals surface area contributed by atoms with E-state index in [1.165, 1.54) is 30.4 Å². The second-order valence-corrected chi connectivity index (χ2v) is 7.61. The number of hydrogen-bond donors (Lipinski definition) is 2. The summed E-state index contributed by atoms with van der Waals surface area (Å²) in [6.45, 7) is 4.19. The lowest BCUT2D eigenvalue weighted by atomic mass is 9.85. The highest BCUT2D eigenvalue weighted by Gasteiger charge is 2.21. The molecule has 0 bridgehead atoms. The van der Waals surface area contributed by atoms with Gasteiger partial charge in [0.05, 0.1) is 6.10 Å². The van der Waals surface area contributed by atoms with Crippen molar-refractivity contribution in [1.82, 2.24) is 15.1 Å². The molecule has 1 aliphatic carbocycles. The average molecular weight is 345 g/mol. The molecule has 1 saturated carbocycles. The maximum Gasteiger partial charge on any atom is 0.317 e. The number of urea groups is 1. The summed E-state index contributed by atoms with van der Waals surface area (Å²) in [6.07, 6.45) is 5.38. The summed E-state index contributed by atoms with van der Waals surface area (Å²) in [4.78, 5) is 16.5. The van der Waals surface area contributed by atoms with E-state index in [1.54, 1.807) is 0 Å². The number of hydrogen-bond acceptors (Lipinski definition) is 3. The van der Waals surface area contributed by atoms with Crippen LogP contribution in [-0.4, -0.2) is 53.7 Å². The Morgan fingerprint density at radius 2 is 1.88 bits per heavy atom. The Bertz CT molecular complexity index is 566. The van der Waals surface area contributed by atoms with Crippen molar-refractivity contribution >= 4 is 6.03 Å². The Labute approximate surface area is 151 Å². The number of piperidine rings is 1. The van der Waals surface area contributed by atoms with Crippen LogP contribution in [0.1, 0.15) is 43.2 Å². The first-order valence-electron chi connectivity index (χ1n) is 9.58. The molecule has 25 heavy (non-hydrogen) atoms. The van der Waals surface area contributed by atoms with Crippen LogP contribution >= 0.6 is 0 Å². The predicted octanol–water partition coefficient (Wildman–Crippen LogP) is 2.58. The van der Waals surface area contributed by atoms with Gasteiger partial charge in [0.25, 0.3) is 0 Å². The van der Waals surface area contributed by atoms with E-state index in [0.717, 1.165) is 39.0 Å². The van der Waals surface area contributed by atoms with Gasteiger partial charge >= 0.3 is 6.03 Å². The number of aliphatic hydroxyl groups is 1. The predicted molar refractivity (Wildman–Crippen MR) is 99.2 cm³/mol. The van der Waals surface area contributed by atoms with Gasteiger partial charge in [-0.2, -0.15) is 0 Å². The van der Waals surface area contributed by atoms with Gasteiger partial charge in [0.15, 0.2) is 0 Å². The lowest BCUT2D eigenvalue weighted by Gasteiger charge is -2.31. The van der Waals surface area contributed by atoms with E-state index in [0.29, 0.717) is 12.5 Å². The molecule has 2 amide bonds. The minimum absolute atomic E-state index is 0.0165. The number of nitrogens with one attached hydrogen (secondary N) is 1. The topological polar surface area (TPSA) is 55.8 Å². The Hall–Kier alpha value is -1.59. The molecular weight excluding hydrogens is 314 g/mol. The third-order valence-corrected chi connectivity index (χ3v) is 5.60. The Morgan fingerprint density at radius 3 is 2.52 bits per heavy atom. The van der Waals surface area contributed by atoms with Crippen LogP contribution in [0, 0.1) is 5.92 Å². The first kappa shape index (κ1) is 18.2. The van der Waals surface area contributed by atoms with Crippen LogP contribution in [0.5, 0.6) is 0 Å². The summed E-state index contributed by atoms with van der Waals surface area (Å²) < 4.78 is 0. The number of amides is 2. The zero-order valence-corrected chi connectivity index (χ0v) is 15.3. The minimum atomic E-state index is -0.142. The molecular formula is C20H31N3O2. The molecule has 0 aromatic heterocycles. The number of carbonyl (C=O) groups is 1. The van der Waals surface area contributed by atoms with Crippen molar-refractivity contribution in [3.05, 3.63) is 35.4 Å². The average Bonchev–Trinajstić information content (AvgIpc) is 2.59. The van der Waals surface area contributed by atoms with Gasteiger partial charge in [0.1, 0.15) is 0 Å². The van der Waals surface area contributed by atoms with Crippen molar-refractivity contribution in [1.29, 1.82) is 0 Å². The smallest absolute Gasteiger partial charge is 0.317 e. The summed E-state index contributed by atoms with van der Waals surface area (Å²) in [5.74, 6) is 0.692.